The van der Waals surface area contributed by atoms with Gasteiger partial charge in [-0.3, -0.25) is 14.4 Å². The summed E-state index contributed by atoms with van der Waals surface area (Å²) in [7, 11) is -2.65. The third kappa shape index (κ3) is 4.46. The summed E-state index contributed by atoms with van der Waals surface area (Å²) in [6.07, 6.45) is 0. The minimum absolute atomic E-state index is 0.0339. The maximum atomic E-state index is 12.6. The van der Waals surface area contributed by atoms with Crippen LogP contribution >= 0.6 is 11.3 Å². The number of rotatable bonds is 7. The zero-order valence-electron chi connectivity index (χ0n) is 15.9. The first-order valence-corrected chi connectivity index (χ1v) is 10.5. The second-order valence-corrected chi connectivity index (χ2v) is 9.51. The zero-order chi connectivity index (χ0) is 21.2. The van der Waals surface area contributed by atoms with Crippen LogP contribution in [0.15, 0.2) is 29.2 Å². The van der Waals surface area contributed by atoms with E-state index in [9.17, 15) is 22.8 Å². The van der Waals surface area contributed by atoms with Crippen LogP contribution in [0.25, 0.3) is 0 Å². The number of ketones is 1. The Labute approximate surface area is 167 Å². The predicted molar refractivity (Wildman–Crippen MR) is 107 cm³/mol. The number of anilines is 1. The number of aryl methyl sites for hydroxylation is 1. The van der Waals surface area contributed by atoms with Gasteiger partial charge in [0.1, 0.15) is 5.00 Å². The van der Waals surface area contributed by atoms with Crippen molar-refractivity contribution in [1.82, 2.24) is 4.31 Å². The molecular weight excluding hydrogens is 402 g/mol. The van der Waals surface area contributed by atoms with E-state index in [-0.39, 0.29) is 16.2 Å². The molecular formula is C18H21N3O5S2. The van der Waals surface area contributed by atoms with Gasteiger partial charge in [0.25, 0.3) is 5.91 Å². The van der Waals surface area contributed by atoms with Crippen LogP contribution in [0, 0.1) is 13.8 Å². The number of amides is 2. The second kappa shape index (κ2) is 8.21. The third-order valence-electron chi connectivity index (χ3n) is 4.22. The van der Waals surface area contributed by atoms with Crippen molar-refractivity contribution in [3.05, 3.63) is 45.8 Å². The summed E-state index contributed by atoms with van der Waals surface area (Å²) in [6, 6.07) is 5.47. The Hall–Kier alpha value is -2.56. The summed E-state index contributed by atoms with van der Waals surface area (Å²) in [6.45, 7) is 4.45. The quantitative estimate of drug-likeness (QED) is 0.658. The molecule has 2 amide bonds. The fourth-order valence-electron chi connectivity index (χ4n) is 2.51. The summed E-state index contributed by atoms with van der Waals surface area (Å²) >= 11 is 1.20. The Kier molecular flexibility index (Phi) is 6.37. The number of carbonyl (C=O) groups excluding carboxylic acids is 3. The van der Waals surface area contributed by atoms with Gasteiger partial charge in [-0.2, -0.15) is 4.31 Å². The van der Waals surface area contributed by atoms with E-state index in [2.05, 4.69) is 5.32 Å². The molecule has 0 saturated carbocycles. The maximum absolute atomic E-state index is 12.6. The molecule has 3 N–H and O–H groups in total. The monoisotopic (exact) mass is 423 g/mol. The predicted octanol–water partition coefficient (Wildman–Crippen LogP) is 1.93. The van der Waals surface area contributed by atoms with Crippen molar-refractivity contribution in [1.29, 1.82) is 0 Å². The average molecular weight is 424 g/mol. The molecule has 8 nitrogen and oxygen atoms in total. The summed E-state index contributed by atoms with van der Waals surface area (Å²) in [5.41, 5.74) is 6.66. The number of primary amides is 1. The lowest BCUT2D eigenvalue weighted by molar-refractivity contribution is -0.116. The van der Waals surface area contributed by atoms with E-state index in [1.807, 2.05) is 0 Å². The Bertz CT molecular complexity index is 1040. The Morgan fingerprint density at radius 1 is 1.14 bits per heavy atom. The van der Waals surface area contributed by atoms with Gasteiger partial charge in [-0.05, 0) is 38.5 Å². The van der Waals surface area contributed by atoms with Crippen molar-refractivity contribution in [2.24, 2.45) is 5.73 Å². The van der Waals surface area contributed by atoms with Crippen molar-refractivity contribution in [3.63, 3.8) is 0 Å². The summed E-state index contributed by atoms with van der Waals surface area (Å²) in [5.74, 6) is -1.44. The van der Waals surface area contributed by atoms with Crippen LogP contribution in [-0.4, -0.2) is 43.9 Å². The van der Waals surface area contributed by atoms with Gasteiger partial charge in [-0.1, -0.05) is 12.1 Å². The van der Waals surface area contributed by atoms with Gasteiger partial charge in [0.05, 0.1) is 17.0 Å². The normalized spacial score (nSPS) is 11.5. The molecule has 2 aromatic rings. The molecule has 0 aliphatic heterocycles. The lowest BCUT2D eigenvalue weighted by Gasteiger charge is -2.17. The number of likely N-dealkylation sites (N-methyl/N-ethyl adjacent to an activating group) is 1. The topological polar surface area (TPSA) is 127 Å². The van der Waals surface area contributed by atoms with Gasteiger partial charge < -0.3 is 11.1 Å². The zero-order valence-corrected chi connectivity index (χ0v) is 17.5. The number of sulfonamides is 1. The number of benzene rings is 1. The van der Waals surface area contributed by atoms with E-state index >= 15 is 0 Å². The summed E-state index contributed by atoms with van der Waals surface area (Å²) in [5, 5.41) is 2.86. The van der Waals surface area contributed by atoms with E-state index in [4.69, 9.17) is 5.73 Å². The van der Waals surface area contributed by atoms with Crippen molar-refractivity contribution in [3.8, 4) is 0 Å². The van der Waals surface area contributed by atoms with Crippen LogP contribution in [-0.2, 0) is 14.8 Å². The summed E-state index contributed by atoms with van der Waals surface area (Å²) in [4.78, 5) is 36.1. The maximum Gasteiger partial charge on any atom is 0.251 e. The van der Waals surface area contributed by atoms with Crippen molar-refractivity contribution in [2.75, 3.05) is 18.9 Å². The molecule has 0 spiro atoms. The number of nitrogens with two attached hydrogens (primary N) is 1. The van der Waals surface area contributed by atoms with Gasteiger partial charge in [0.15, 0.2) is 5.78 Å². The van der Waals surface area contributed by atoms with Gasteiger partial charge in [-0.25, -0.2) is 8.42 Å². The minimum atomic E-state index is -3.93. The van der Waals surface area contributed by atoms with Gasteiger partial charge in [0.2, 0.25) is 15.9 Å². The number of thiophene rings is 1. The Balaban J connectivity index is 2.16. The largest absolute Gasteiger partial charge is 0.365 e. The smallest absolute Gasteiger partial charge is 0.251 e. The highest BCUT2D eigenvalue weighted by Gasteiger charge is 2.25. The van der Waals surface area contributed by atoms with E-state index < -0.39 is 28.4 Å². The molecule has 0 aliphatic carbocycles. The van der Waals surface area contributed by atoms with Crippen LogP contribution < -0.4 is 11.1 Å². The number of hydrogen-bond acceptors (Lipinski definition) is 6. The van der Waals surface area contributed by atoms with Crippen LogP contribution in [0.1, 0.15) is 38.1 Å². The average Bonchev–Trinajstić information content (AvgIpc) is 2.88. The molecule has 28 heavy (non-hydrogen) atoms. The molecule has 10 heteroatoms. The molecule has 0 unspecified atom stereocenters. The van der Waals surface area contributed by atoms with Crippen molar-refractivity contribution >= 4 is 44.0 Å². The van der Waals surface area contributed by atoms with Crippen LogP contribution in [0.3, 0.4) is 0 Å². The molecule has 1 aromatic carbocycles. The van der Waals surface area contributed by atoms with Gasteiger partial charge in [0, 0.05) is 17.5 Å². The number of nitrogens with zero attached hydrogens (tertiary/aromatic N) is 1. The molecule has 0 fully saturated rings. The fourth-order valence-corrected chi connectivity index (χ4v) is 4.72. The molecule has 1 aromatic heterocycles. The van der Waals surface area contributed by atoms with E-state index in [1.54, 1.807) is 13.8 Å². The van der Waals surface area contributed by atoms with Crippen molar-refractivity contribution in [2.45, 2.75) is 25.7 Å². The summed E-state index contributed by atoms with van der Waals surface area (Å²) < 4.78 is 26.1. The molecule has 0 atom stereocenters. The highest BCUT2D eigenvalue weighted by atomic mass is 32.2. The lowest BCUT2D eigenvalue weighted by Crippen LogP contribution is -2.35. The number of Topliss-reactive ketones (excluding diaryl/α,β-unsaturated/α-hetero) is 1. The van der Waals surface area contributed by atoms with Crippen LogP contribution in [0.2, 0.25) is 0 Å². The molecule has 0 radical (unpaired) electrons. The molecule has 0 bridgehead atoms. The lowest BCUT2D eigenvalue weighted by atomic mass is 10.1. The Morgan fingerprint density at radius 3 is 2.21 bits per heavy atom. The standard InChI is InChI=1S/C18H21N3O5S2/c1-10-12(3)27-18(16(10)17(19)24)20-15(23)9-21(4)28(25,26)14-7-5-13(6-8-14)11(2)22/h5-8H,9H2,1-4H3,(H2,19,24)(H,20,23). The SMILES string of the molecule is CC(=O)c1ccc(S(=O)(=O)N(C)CC(=O)Nc2sc(C)c(C)c2C(N)=O)cc1. The molecule has 150 valence electrons. The first-order chi connectivity index (χ1) is 12.9. The molecule has 0 aliphatic rings. The van der Waals surface area contributed by atoms with Crippen LogP contribution in [0.5, 0.6) is 0 Å². The fraction of sp³-hybridized carbons (Fsp3) is 0.278. The molecule has 1 heterocycles. The molecule has 2 rings (SSSR count). The number of nitrogens with one attached hydrogen (secondary N) is 1. The number of hydrogen-bond donors (Lipinski definition) is 2. The number of carbonyl (C=O) groups is 3. The first kappa shape index (κ1) is 21.7. The minimum Gasteiger partial charge on any atom is -0.365 e. The van der Waals surface area contributed by atoms with Crippen LogP contribution in [0.4, 0.5) is 5.00 Å². The first-order valence-electron chi connectivity index (χ1n) is 8.22. The van der Waals surface area contributed by atoms with E-state index in [0.717, 1.165) is 9.18 Å². The van der Waals surface area contributed by atoms with Gasteiger partial charge >= 0.3 is 0 Å². The molecule has 0 saturated heterocycles. The van der Waals surface area contributed by atoms with E-state index in [1.165, 1.54) is 49.6 Å². The highest BCUT2D eigenvalue weighted by Crippen LogP contribution is 2.32. The van der Waals surface area contributed by atoms with Gasteiger partial charge in [-0.15, -0.1) is 11.3 Å². The Morgan fingerprint density at radius 2 is 1.71 bits per heavy atom. The third-order valence-corrected chi connectivity index (χ3v) is 7.16. The van der Waals surface area contributed by atoms with Crippen molar-refractivity contribution < 1.29 is 22.8 Å². The van der Waals surface area contributed by atoms with E-state index in [0.29, 0.717) is 16.1 Å². The second-order valence-electron chi connectivity index (χ2n) is 6.24. The highest BCUT2D eigenvalue weighted by molar-refractivity contribution is 7.89.